The van der Waals surface area contributed by atoms with Gasteiger partial charge >= 0.3 is 5.97 Å². The smallest absolute Gasteiger partial charge is 0.305 e. The second-order valence-electron chi connectivity index (χ2n) is 10.2. The molecule has 0 spiro atoms. The fraction of sp³-hybridized carbons (Fsp3) is 0.586. The first-order valence-corrected chi connectivity index (χ1v) is 14.0. The first-order valence-electron chi connectivity index (χ1n) is 14.0. The standard InChI is InChI=1S/C29H40F2N2O10/c1-21(32-27(36)19-40-15-16-43-33(38)39)18-41-28(37)12-8-3-2-7-11-23-24(26(35)17-25(23)34)13-14-29(30,31)20-42-22-9-5-4-6-10-22/h2,4-7,9-10,13-14,21,23-26,34-35H,3,8,11-12,15-20H2,1H3,(H,32,36)/t21?,23-,24-,25+,26-/m1/s1. The molecule has 1 aromatic carbocycles. The molecule has 1 amide bonds. The number of ether oxygens (including phenoxy) is 3. The summed E-state index contributed by atoms with van der Waals surface area (Å²) in [4.78, 5) is 37.8. The Hall–Kier alpha value is -3.62. The number of halogens is 2. The fourth-order valence-corrected chi connectivity index (χ4v) is 4.42. The van der Waals surface area contributed by atoms with Crippen molar-refractivity contribution in [2.75, 3.05) is 33.0 Å². The van der Waals surface area contributed by atoms with E-state index in [1.807, 2.05) is 6.08 Å². The first kappa shape index (κ1) is 35.6. The quantitative estimate of drug-likeness (QED) is 0.0653. The van der Waals surface area contributed by atoms with Gasteiger partial charge in [-0.25, -0.2) is 0 Å². The molecule has 12 nitrogen and oxygen atoms in total. The molecule has 0 heterocycles. The molecule has 0 aromatic heterocycles. The van der Waals surface area contributed by atoms with Crippen LogP contribution in [0.4, 0.5) is 8.78 Å². The first-order chi connectivity index (χ1) is 20.5. The normalized spacial score (nSPS) is 21.1. The van der Waals surface area contributed by atoms with E-state index in [4.69, 9.17) is 14.2 Å². The van der Waals surface area contributed by atoms with Crippen molar-refractivity contribution < 1.29 is 52.7 Å². The summed E-state index contributed by atoms with van der Waals surface area (Å²) in [5.41, 5.74) is 0. The number of esters is 1. The Bertz CT molecular complexity index is 1060. The molecule has 5 atom stereocenters. The van der Waals surface area contributed by atoms with Crippen LogP contribution in [-0.2, 0) is 23.9 Å². The van der Waals surface area contributed by atoms with Gasteiger partial charge in [0.15, 0.2) is 6.61 Å². The number of nitrogens with one attached hydrogen (secondary N) is 1. The van der Waals surface area contributed by atoms with Crippen molar-refractivity contribution in [2.24, 2.45) is 11.8 Å². The molecule has 1 aliphatic rings. The number of para-hydroxylation sites is 1. The molecule has 1 fully saturated rings. The number of amides is 1. The van der Waals surface area contributed by atoms with Crippen molar-refractivity contribution in [2.45, 2.75) is 63.2 Å². The lowest BCUT2D eigenvalue weighted by molar-refractivity contribution is -0.758. The molecule has 0 bridgehead atoms. The Kier molecular flexibility index (Phi) is 15.6. The van der Waals surface area contributed by atoms with Crippen LogP contribution in [0.25, 0.3) is 0 Å². The highest BCUT2D eigenvalue weighted by Gasteiger charge is 2.40. The predicted octanol–water partition coefficient (Wildman–Crippen LogP) is 3.00. The highest BCUT2D eigenvalue weighted by atomic mass is 19.3. The van der Waals surface area contributed by atoms with E-state index in [-0.39, 0.29) is 39.3 Å². The Morgan fingerprint density at radius 3 is 2.65 bits per heavy atom. The van der Waals surface area contributed by atoms with E-state index in [1.165, 1.54) is 6.08 Å². The third-order valence-corrected chi connectivity index (χ3v) is 6.54. The zero-order valence-electron chi connectivity index (χ0n) is 24.0. The third kappa shape index (κ3) is 14.9. The minimum atomic E-state index is -3.26. The molecule has 1 aromatic rings. The Morgan fingerprint density at radius 1 is 1.19 bits per heavy atom. The molecule has 0 saturated heterocycles. The van der Waals surface area contributed by atoms with Gasteiger partial charge in [-0.05, 0) is 50.3 Å². The summed E-state index contributed by atoms with van der Waals surface area (Å²) in [7, 11) is 0. The van der Waals surface area contributed by atoms with E-state index in [9.17, 15) is 38.7 Å². The number of carbonyl (C=O) groups excluding carboxylic acids is 2. The van der Waals surface area contributed by atoms with Crippen molar-refractivity contribution in [1.29, 1.82) is 0 Å². The summed E-state index contributed by atoms with van der Waals surface area (Å²) in [6, 6.07) is 7.80. The van der Waals surface area contributed by atoms with Crippen LogP contribution in [0.3, 0.4) is 0 Å². The number of allylic oxidation sites excluding steroid dienone is 2. The minimum Gasteiger partial charge on any atom is -0.487 e. The van der Waals surface area contributed by atoms with Crippen molar-refractivity contribution in [3.8, 4) is 5.75 Å². The third-order valence-electron chi connectivity index (χ3n) is 6.54. The number of unbranched alkanes of at least 4 members (excludes halogenated alkanes) is 1. The van der Waals surface area contributed by atoms with Gasteiger partial charge in [-0.15, -0.1) is 10.1 Å². The lowest BCUT2D eigenvalue weighted by Gasteiger charge is -2.20. The topological polar surface area (TPSA) is 167 Å². The maximum absolute atomic E-state index is 14.4. The average Bonchev–Trinajstić information content (AvgIpc) is 3.23. The Balaban J connectivity index is 1.64. The number of nitrogens with zero attached hydrogens (tertiary/aromatic N) is 1. The second kappa shape index (κ2) is 18.8. The molecule has 43 heavy (non-hydrogen) atoms. The molecular weight excluding hydrogens is 574 g/mol. The monoisotopic (exact) mass is 614 g/mol. The van der Waals surface area contributed by atoms with E-state index in [2.05, 4.69) is 10.2 Å². The van der Waals surface area contributed by atoms with Crippen molar-refractivity contribution >= 4 is 11.9 Å². The highest BCUT2D eigenvalue weighted by molar-refractivity contribution is 5.77. The summed E-state index contributed by atoms with van der Waals surface area (Å²) in [6.45, 7) is 0.00613. The molecule has 1 aliphatic carbocycles. The second-order valence-corrected chi connectivity index (χ2v) is 10.2. The Morgan fingerprint density at radius 2 is 1.93 bits per heavy atom. The van der Waals surface area contributed by atoms with Gasteiger partial charge in [-0.3, -0.25) is 9.59 Å². The number of aliphatic hydroxyl groups is 2. The van der Waals surface area contributed by atoms with Crippen LogP contribution in [0.1, 0.15) is 39.0 Å². The van der Waals surface area contributed by atoms with Crippen molar-refractivity contribution in [3.63, 3.8) is 0 Å². The molecular formula is C29H40F2N2O10. The molecule has 1 saturated carbocycles. The van der Waals surface area contributed by atoms with Gasteiger partial charge in [0, 0.05) is 18.8 Å². The van der Waals surface area contributed by atoms with Gasteiger partial charge < -0.3 is 34.6 Å². The lowest BCUT2D eigenvalue weighted by atomic mass is 9.89. The molecule has 240 valence electrons. The number of benzene rings is 1. The number of aliphatic hydroxyl groups excluding tert-OH is 2. The SMILES string of the molecule is CC(COC(=O)CCCC=CC[C@@H]1[C@@H](C=CC(F)(F)COc2ccccc2)[C@H](O)C[C@@H]1O)NC(=O)COCCO[N+](=O)[O-]. The number of hydrogen-bond donors (Lipinski definition) is 3. The fourth-order valence-electron chi connectivity index (χ4n) is 4.42. The largest absolute Gasteiger partial charge is 0.487 e. The van der Waals surface area contributed by atoms with Crippen LogP contribution in [0.5, 0.6) is 5.75 Å². The van der Waals surface area contributed by atoms with Gasteiger partial charge in [0.2, 0.25) is 5.91 Å². The molecule has 14 heteroatoms. The minimum absolute atomic E-state index is 0.0426. The summed E-state index contributed by atoms with van der Waals surface area (Å²) >= 11 is 0. The number of rotatable bonds is 20. The summed E-state index contributed by atoms with van der Waals surface area (Å²) < 4.78 is 44.0. The van der Waals surface area contributed by atoms with Gasteiger partial charge in [-0.2, -0.15) is 8.78 Å². The van der Waals surface area contributed by atoms with E-state index < -0.39 is 59.6 Å². The maximum Gasteiger partial charge on any atom is 0.305 e. The summed E-state index contributed by atoms with van der Waals surface area (Å²) in [5, 5.41) is 32.3. The van der Waals surface area contributed by atoms with E-state index in [0.29, 0.717) is 25.0 Å². The van der Waals surface area contributed by atoms with E-state index in [1.54, 1.807) is 43.3 Å². The molecule has 3 N–H and O–H groups in total. The number of alkyl halides is 2. The van der Waals surface area contributed by atoms with Crippen LogP contribution in [-0.4, -0.2) is 84.4 Å². The average molecular weight is 615 g/mol. The molecule has 2 rings (SSSR count). The van der Waals surface area contributed by atoms with Gasteiger partial charge in [0.1, 0.15) is 25.6 Å². The highest BCUT2D eigenvalue weighted by Crippen LogP contribution is 2.37. The van der Waals surface area contributed by atoms with Gasteiger partial charge in [0.05, 0.1) is 24.9 Å². The zero-order chi connectivity index (χ0) is 31.7. The lowest BCUT2D eigenvalue weighted by Crippen LogP contribution is -2.38. The van der Waals surface area contributed by atoms with Crippen LogP contribution >= 0.6 is 0 Å². The van der Waals surface area contributed by atoms with Crippen LogP contribution in [0, 0.1) is 22.0 Å². The van der Waals surface area contributed by atoms with Crippen molar-refractivity contribution in [1.82, 2.24) is 5.32 Å². The van der Waals surface area contributed by atoms with Crippen molar-refractivity contribution in [3.05, 3.63) is 64.8 Å². The summed E-state index contributed by atoms with van der Waals surface area (Å²) in [6.07, 6.45) is 5.46. The van der Waals surface area contributed by atoms with Gasteiger partial charge in [0.25, 0.3) is 11.0 Å². The molecule has 1 unspecified atom stereocenters. The molecule has 0 aliphatic heterocycles. The van der Waals surface area contributed by atoms with Crippen LogP contribution in [0.15, 0.2) is 54.6 Å². The molecule has 0 radical (unpaired) electrons. The van der Waals surface area contributed by atoms with E-state index in [0.717, 1.165) is 6.08 Å². The van der Waals surface area contributed by atoms with Crippen LogP contribution in [0.2, 0.25) is 0 Å². The van der Waals surface area contributed by atoms with E-state index >= 15 is 0 Å². The Labute approximate surface area is 248 Å². The van der Waals surface area contributed by atoms with Gasteiger partial charge in [-0.1, -0.05) is 36.4 Å². The van der Waals surface area contributed by atoms with Crippen LogP contribution < -0.4 is 10.1 Å². The number of hydrogen-bond acceptors (Lipinski definition) is 10. The zero-order valence-corrected chi connectivity index (χ0v) is 24.0. The number of carbonyl (C=O) groups is 2. The summed E-state index contributed by atoms with van der Waals surface area (Å²) in [5.74, 6) is -4.93. The maximum atomic E-state index is 14.4. The predicted molar refractivity (Wildman–Crippen MR) is 150 cm³/mol.